The molecule has 0 atom stereocenters. The Morgan fingerprint density at radius 2 is 2.00 bits per heavy atom. The highest BCUT2D eigenvalue weighted by molar-refractivity contribution is 7.90. The van der Waals surface area contributed by atoms with E-state index in [4.69, 9.17) is 0 Å². The molecule has 1 saturated carbocycles. The van der Waals surface area contributed by atoms with Crippen LogP contribution in [0.4, 0.5) is 5.82 Å². The SMILES string of the molecule is CN(c1ncnc2[nH]ccc12)C1CCC(CS(C)(=O)=O)CC1. The Hall–Kier alpha value is -1.63. The zero-order chi connectivity index (χ0) is 15.7. The van der Waals surface area contributed by atoms with E-state index in [2.05, 4.69) is 26.9 Å². The van der Waals surface area contributed by atoms with Gasteiger partial charge in [-0.25, -0.2) is 18.4 Å². The molecular weight excluding hydrogens is 300 g/mol. The smallest absolute Gasteiger partial charge is 0.147 e. The number of fused-ring (bicyclic) bond motifs is 1. The first-order valence-electron chi connectivity index (χ1n) is 7.62. The molecule has 0 aromatic carbocycles. The molecule has 2 aromatic heterocycles. The van der Waals surface area contributed by atoms with Crippen molar-refractivity contribution in [3.8, 4) is 0 Å². The first-order chi connectivity index (χ1) is 10.4. The number of sulfone groups is 1. The van der Waals surface area contributed by atoms with Gasteiger partial charge in [-0.3, -0.25) is 0 Å². The topological polar surface area (TPSA) is 79.0 Å². The fourth-order valence-corrected chi connectivity index (χ4v) is 4.63. The molecule has 1 fully saturated rings. The Morgan fingerprint density at radius 3 is 2.68 bits per heavy atom. The Bertz CT molecular complexity index is 748. The molecule has 1 aliphatic rings. The average Bonchev–Trinajstić information content (AvgIpc) is 2.94. The van der Waals surface area contributed by atoms with Crippen molar-refractivity contribution in [1.82, 2.24) is 15.0 Å². The zero-order valence-corrected chi connectivity index (χ0v) is 13.8. The first kappa shape index (κ1) is 15.3. The molecule has 1 N–H and O–H groups in total. The van der Waals surface area contributed by atoms with Crippen LogP contribution < -0.4 is 4.90 Å². The number of aromatic nitrogens is 3. The summed E-state index contributed by atoms with van der Waals surface area (Å²) in [6.45, 7) is 0. The van der Waals surface area contributed by atoms with Gasteiger partial charge in [0.15, 0.2) is 0 Å². The van der Waals surface area contributed by atoms with E-state index in [9.17, 15) is 8.42 Å². The van der Waals surface area contributed by atoms with E-state index in [1.165, 1.54) is 6.26 Å². The largest absolute Gasteiger partial charge is 0.356 e. The molecule has 2 aromatic rings. The third-order valence-electron chi connectivity index (χ3n) is 4.57. The van der Waals surface area contributed by atoms with E-state index in [-0.39, 0.29) is 0 Å². The fourth-order valence-electron chi connectivity index (χ4n) is 3.44. The lowest BCUT2D eigenvalue weighted by Gasteiger charge is -2.35. The minimum atomic E-state index is -2.87. The van der Waals surface area contributed by atoms with Crippen LogP contribution in [0, 0.1) is 5.92 Å². The quantitative estimate of drug-likeness (QED) is 0.931. The normalized spacial score (nSPS) is 22.8. The average molecular weight is 322 g/mol. The van der Waals surface area contributed by atoms with Crippen molar-refractivity contribution >= 4 is 26.7 Å². The van der Waals surface area contributed by atoms with E-state index in [0.717, 1.165) is 42.5 Å². The zero-order valence-electron chi connectivity index (χ0n) is 13.0. The molecular formula is C15H22N4O2S. The number of anilines is 1. The van der Waals surface area contributed by atoms with Crippen LogP contribution in [0.3, 0.4) is 0 Å². The summed E-state index contributed by atoms with van der Waals surface area (Å²) in [5.74, 6) is 1.56. The van der Waals surface area contributed by atoms with Crippen LogP contribution in [0.2, 0.25) is 0 Å². The predicted molar refractivity (Wildman–Crippen MR) is 87.7 cm³/mol. The van der Waals surface area contributed by atoms with Crippen LogP contribution in [-0.2, 0) is 9.84 Å². The Kier molecular flexibility index (Phi) is 4.08. The maximum atomic E-state index is 11.4. The van der Waals surface area contributed by atoms with Gasteiger partial charge in [-0.2, -0.15) is 0 Å². The Balaban J connectivity index is 1.70. The molecule has 6 nitrogen and oxygen atoms in total. The second-order valence-corrected chi connectivity index (χ2v) is 8.50. The summed E-state index contributed by atoms with van der Waals surface area (Å²) in [7, 11) is -0.807. The summed E-state index contributed by atoms with van der Waals surface area (Å²) in [5.41, 5.74) is 0.850. The predicted octanol–water partition coefficient (Wildman–Crippen LogP) is 2.00. The van der Waals surface area contributed by atoms with Crippen LogP contribution in [0.1, 0.15) is 25.7 Å². The highest BCUT2D eigenvalue weighted by atomic mass is 32.2. The van der Waals surface area contributed by atoms with E-state index in [1.807, 2.05) is 12.3 Å². The van der Waals surface area contributed by atoms with E-state index in [1.54, 1.807) is 6.33 Å². The number of rotatable bonds is 4. The Labute approximate surface area is 130 Å². The molecule has 0 radical (unpaired) electrons. The fraction of sp³-hybridized carbons (Fsp3) is 0.600. The van der Waals surface area contributed by atoms with Gasteiger partial charge < -0.3 is 9.88 Å². The van der Waals surface area contributed by atoms with Gasteiger partial charge in [0.1, 0.15) is 27.6 Å². The molecule has 22 heavy (non-hydrogen) atoms. The third-order valence-corrected chi connectivity index (χ3v) is 5.65. The van der Waals surface area contributed by atoms with Gasteiger partial charge in [-0.1, -0.05) is 0 Å². The molecule has 0 aliphatic heterocycles. The lowest BCUT2D eigenvalue weighted by Crippen LogP contribution is -2.36. The van der Waals surface area contributed by atoms with Crippen molar-refractivity contribution in [1.29, 1.82) is 0 Å². The standard InChI is InChI=1S/C15H22N4O2S/c1-19(15-13-7-8-16-14(13)17-10-18-15)12-5-3-11(4-6-12)9-22(2,20)21/h7-8,10-12H,3-6,9H2,1-2H3,(H,16,17,18). The van der Waals surface area contributed by atoms with Gasteiger partial charge in [0.05, 0.1) is 11.1 Å². The van der Waals surface area contributed by atoms with Crippen LogP contribution in [0.25, 0.3) is 11.0 Å². The molecule has 3 rings (SSSR count). The van der Waals surface area contributed by atoms with E-state index < -0.39 is 9.84 Å². The lowest BCUT2D eigenvalue weighted by atomic mass is 9.86. The molecule has 0 saturated heterocycles. The van der Waals surface area contributed by atoms with Crippen LogP contribution in [0.15, 0.2) is 18.6 Å². The summed E-state index contributed by atoms with van der Waals surface area (Å²) in [6, 6.07) is 2.40. The minimum Gasteiger partial charge on any atom is -0.356 e. The lowest BCUT2D eigenvalue weighted by molar-refractivity contribution is 0.341. The maximum absolute atomic E-state index is 11.4. The number of H-pyrrole nitrogens is 1. The van der Waals surface area contributed by atoms with Crippen LogP contribution in [-0.4, -0.2) is 48.5 Å². The summed E-state index contributed by atoms with van der Waals surface area (Å²) >= 11 is 0. The molecule has 0 unspecified atom stereocenters. The van der Waals surface area contributed by atoms with Gasteiger partial charge >= 0.3 is 0 Å². The van der Waals surface area contributed by atoms with Crippen LogP contribution in [0.5, 0.6) is 0 Å². The van der Waals surface area contributed by atoms with Gasteiger partial charge in [0, 0.05) is 25.5 Å². The van der Waals surface area contributed by atoms with Crippen molar-refractivity contribution in [2.45, 2.75) is 31.7 Å². The molecule has 0 bridgehead atoms. The molecule has 2 heterocycles. The monoisotopic (exact) mass is 322 g/mol. The summed E-state index contributed by atoms with van der Waals surface area (Å²) in [4.78, 5) is 14.0. The minimum absolute atomic E-state index is 0.303. The van der Waals surface area contributed by atoms with Gasteiger partial charge in [0.25, 0.3) is 0 Å². The number of aromatic amines is 1. The van der Waals surface area contributed by atoms with Crippen molar-refractivity contribution < 1.29 is 8.42 Å². The molecule has 1 aliphatic carbocycles. The maximum Gasteiger partial charge on any atom is 0.147 e. The second-order valence-electron chi connectivity index (χ2n) is 6.32. The highest BCUT2D eigenvalue weighted by Gasteiger charge is 2.27. The van der Waals surface area contributed by atoms with Gasteiger partial charge in [0.2, 0.25) is 0 Å². The van der Waals surface area contributed by atoms with Crippen molar-refractivity contribution in [2.24, 2.45) is 5.92 Å². The van der Waals surface area contributed by atoms with E-state index in [0.29, 0.717) is 17.7 Å². The summed E-state index contributed by atoms with van der Waals surface area (Å²) in [6.07, 6.45) is 8.72. The Morgan fingerprint density at radius 1 is 1.27 bits per heavy atom. The van der Waals surface area contributed by atoms with Crippen molar-refractivity contribution in [2.75, 3.05) is 24.0 Å². The number of nitrogens with zero attached hydrogens (tertiary/aromatic N) is 3. The van der Waals surface area contributed by atoms with Crippen LogP contribution >= 0.6 is 0 Å². The molecule has 7 heteroatoms. The third kappa shape index (κ3) is 3.24. The summed E-state index contributed by atoms with van der Waals surface area (Å²) < 4.78 is 22.8. The molecule has 0 amide bonds. The van der Waals surface area contributed by atoms with E-state index >= 15 is 0 Å². The summed E-state index contributed by atoms with van der Waals surface area (Å²) in [5, 5.41) is 1.03. The first-order valence-corrected chi connectivity index (χ1v) is 9.69. The van der Waals surface area contributed by atoms with Gasteiger partial charge in [-0.15, -0.1) is 0 Å². The number of hydrogen-bond donors (Lipinski definition) is 1. The second kappa shape index (κ2) is 5.87. The molecule has 0 spiro atoms. The van der Waals surface area contributed by atoms with Gasteiger partial charge in [-0.05, 0) is 37.7 Å². The number of nitrogens with one attached hydrogen (secondary N) is 1. The molecule has 120 valence electrons. The van der Waals surface area contributed by atoms with Crippen molar-refractivity contribution in [3.63, 3.8) is 0 Å². The highest BCUT2D eigenvalue weighted by Crippen LogP contribution is 2.31. The number of hydrogen-bond acceptors (Lipinski definition) is 5. The van der Waals surface area contributed by atoms with Crippen molar-refractivity contribution in [3.05, 3.63) is 18.6 Å².